The van der Waals surface area contributed by atoms with Gasteiger partial charge in [-0.2, -0.15) is 0 Å². The van der Waals surface area contributed by atoms with E-state index in [9.17, 15) is 4.79 Å². The molecule has 0 atom stereocenters. The molecule has 0 spiro atoms. The Hall–Kier alpha value is -2.30. The highest BCUT2D eigenvalue weighted by Gasteiger charge is 2.15. The highest BCUT2D eigenvalue weighted by atomic mass is 35.5. The van der Waals surface area contributed by atoms with E-state index in [0.29, 0.717) is 27.1 Å². The van der Waals surface area contributed by atoms with Crippen molar-refractivity contribution in [2.75, 3.05) is 5.32 Å². The Balaban J connectivity index is 1.85. The summed E-state index contributed by atoms with van der Waals surface area (Å²) in [6.07, 6.45) is 3.18. The minimum absolute atomic E-state index is 0.176. The van der Waals surface area contributed by atoms with Crippen molar-refractivity contribution in [2.24, 2.45) is 0 Å². The molecule has 2 aromatic heterocycles. The van der Waals surface area contributed by atoms with E-state index in [1.54, 1.807) is 54.9 Å². The van der Waals surface area contributed by atoms with Crippen LogP contribution in [0, 0.1) is 0 Å². The van der Waals surface area contributed by atoms with Crippen molar-refractivity contribution in [3.8, 4) is 11.3 Å². The molecule has 0 fully saturated rings. The highest BCUT2D eigenvalue weighted by Crippen LogP contribution is 2.34. The van der Waals surface area contributed by atoms with Crippen molar-refractivity contribution in [1.82, 2.24) is 4.98 Å². The van der Waals surface area contributed by atoms with Crippen molar-refractivity contribution >= 4 is 34.8 Å². The van der Waals surface area contributed by atoms with E-state index in [0.717, 1.165) is 0 Å². The maximum atomic E-state index is 12.1. The van der Waals surface area contributed by atoms with Crippen LogP contribution in [0.25, 0.3) is 11.3 Å². The normalized spacial score (nSPS) is 10.5. The van der Waals surface area contributed by atoms with Crippen LogP contribution in [0.4, 0.5) is 5.69 Å². The Labute approximate surface area is 136 Å². The molecule has 0 saturated carbocycles. The van der Waals surface area contributed by atoms with Gasteiger partial charge in [-0.25, -0.2) is 0 Å². The summed E-state index contributed by atoms with van der Waals surface area (Å²) in [6, 6.07) is 12.0. The zero-order valence-corrected chi connectivity index (χ0v) is 12.7. The van der Waals surface area contributed by atoms with E-state index in [2.05, 4.69) is 10.3 Å². The molecule has 6 heteroatoms. The first-order valence-corrected chi connectivity index (χ1v) is 7.16. The summed E-state index contributed by atoms with van der Waals surface area (Å²) >= 11 is 12.1. The fourth-order valence-electron chi connectivity index (χ4n) is 1.93. The summed E-state index contributed by atoms with van der Waals surface area (Å²) in [7, 11) is 0. The average Bonchev–Trinajstić information content (AvgIpc) is 3.01. The summed E-state index contributed by atoms with van der Waals surface area (Å²) in [5.74, 6) is 0.288. The lowest BCUT2D eigenvalue weighted by Gasteiger charge is -2.03. The summed E-state index contributed by atoms with van der Waals surface area (Å²) in [5.41, 5.74) is 1.22. The molecule has 0 aliphatic rings. The van der Waals surface area contributed by atoms with Crippen molar-refractivity contribution in [3.63, 3.8) is 0 Å². The number of amides is 1. The van der Waals surface area contributed by atoms with E-state index in [4.69, 9.17) is 27.6 Å². The van der Waals surface area contributed by atoms with Crippen LogP contribution in [0.5, 0.6) is 0 Å². The maximum absolute atomic E-state index is 12.1. The SMILES string of the molecule is O=C(Nc1cccnc1)c1ccc(-c2cccc(Cl)c2Cl)o1. The number of hydrogen-bond donors (Lipinski definition) is 1. The van der Waals surface area contributed by atoms with E-state index in [-0.39, 0.29) is 11.7 Å². The number of aromatic nitrogens is 1. The number of hydrogen-bond acceptors (Lipinski definition) is 3. The summed E-state index contributed by atoms with van der Waals surface area (Å²) < 4.78 is 5.56. The number of benzene rings is 1. The van der Waals surface area contributed by atoms with Crippen LogP contribution in [0.15, 0.2) is 59.3 Å². The molecule has 0 radical (unpaired) electrons. The lowest BCUT2D eigenvalue weighted by atomic mass is 10.2. The van der Waals surface area contributed by atoms with Crippen LogP contribution in [0.2, 0.25) is 10.0 Å². The molecule has 0 aliphatic carbocycles. The molecule has 1 amide bonds. The minimum Gasteiger partial charge on any atom is -0.451 e. The van der Waals surface area contributed by atoms with Gasteiger partial charge in [0.2, 0.25) is 0 Å². The van der Waals surface area contributed by atoms with Crippen LogP contribution in [-0.2, 0) is 0 Å². The third kappa shape index (κ3) is 2.98. The molecule has 4 nitrogen and oxygen atoms in total. The van der Waals surface area contributed by atoms with Gasteiger partial charge in [0, 0.05) is 11.8 Å². The number of pyridine rings is 1. The smallest absolute Gasteiger partial charge is 0.291 e. The molecular formula is C16H10Cl2N2O2. The van der Waals surface area contributed by atoms with Gasteiger partial charge in [0.05, 0.1) is 21.9 Å². The number of rotatable bonds is 3. The van der Waals surface area contributed by atoms with Gasteiger partial charge in [-0.15, -0.1) is 0 Å². The van der Waals surface area contributed by atoms with Gasteiger partial charge in [-0.3, -0.25) is 9.78 Å². The number of nitrogens with one attached hydrogen (secondary N) is 1. The van der Waals surface area contributed by atoms with Gasteiger partial charge in [0.1, 0.15) is 5.76 Å². The molecule has 3 rings (SSSR count). The molecule has 22 heavy (non-hydrogen) atoms. The van der Waals surface area contributed by atoms with Crippen LogP contribution >= 0.6 is 23.2 Å². The van der Waals surface area contributed by atoms with Gasteiger partial charge in [-0.05, 0) is 36.4 Å². The third-order valence-corrected chi connectivity index (χ3v) is 3.79. The number of carbonyl (C=O) groups excluding carboxylic acids is 1. The number of nitrogens with zero attached hydrogens (tertiary/aromatic N) is 1. The minimum atomic E-state index is -0.364. The Morgan fingerprint density at radius 2 is 1.95 bits per heavy atom. The van der Waals surface area contributed by atoms with Gasteiger partial charge >= 0.3 is 0 Å². The standard InChI is InChI=1S/C16H10Cl2N2O2/c17-12-5-1-4-11(15(12)18)13-6-7-14(22-13)16(21)20-10-3-2-8-19-9-10/h1-9H,(H,20,21). The van der Waals surface area contributed by atoms with E-state index in [1.807, 2.05) is 0 Å². The van der Waals surface area contributed by atoms with Gasteiger partial charge in [0.15, 0.2) is 5.76 Å². The van der Waals surface area contributed by atoms with Crippen molar-refractivity contribution in [3.05, 3.63) is 70.7 Å². The summed E-state index contributed by atoms with van der Waals surface area (Å²) in [5, 5.41) is 3.51. The zero-order chi connectivity index (χ0) is 15.5. The molecule has 0 bridgehead atoms. The van der Waals surface area contributed by atoms with Crippen molar-refractivity contribution in [2.45, 2.75) is 0 Å². The van der Waals surface area contributed by atoms with Gasteiger partial charge in [0.25, 0.3) is 5.91 Å². The van der Waals surface area contributed by atoms with Crippen LogP contribution in [0.1, 0.15) is 10.6 Å². The molecule has 0 aliphatic heterocycles. The molecule has 110 valence electrons. The fraction of sp³-hybridized carbons (Fsp3) is 0. The third-order valence-electron chi connectivity index (χ3n) is 2.97. The summed E-state index contributed by atoms with van der Waals surface area (Å²) in [4.78, 5) is 16.0. The first-order chi connectivity index (χ1) is 10.6. The number of halogens is 2. The zero-order valence-electron chi connectivity index (χ0n) is 11.2. The molecule has 0 saturated heterocycles. The lowest BCUT2D eigenvalue weighted by molar-refractivity contribution is 0.0997. The Kier molecular flexibility index (Phi) is 4.13. The quantitative estimate of drug-likeness (QED) is 0.742. The lowest BCUT2D eigenvalue weighted by Crippen LogP contribution is -2.10. The largest absolute Gasteiger partial charge is 0.451 e. The Morgan fingerprint density at radius 3 is 2.73 bits per heavy atom. The van der Waals surface area contributed by atoms with E-state index in [1.165, 1.54) is 0 Å². The molecule has 0 unspecified atom stereocenters. The van der Waals surface area contributed by atoms with E-state index >= 15 is 0 Å². The predicted octanol–water partition coefficient (Wildman–Crippen LogP) is 4.90. The Bertz CT molecular complexity index is 816. The molecule has 1 aromatic carbocycles. The second-order valence-electron chi connectivity index (χ2n) is 4.46. The molecule has 3 aromatic rings. The number of furan rings is 1. The molecular weight excluding hydrogens is 323 g/mol. The maximum Gasteiger partial charge on any atom is 0.291 e. The number of carbonyl (C=O) groups is 1. The van der Waals surface area contributed by atoms with Crippen LogP contribution in [-0.4, -0.2) is 10.9 Å². The van der Waals surface area contributed by atoms with Gasteiger partial charge < -0.3 is 9.73 Å². The second kappa shape index (κ2) is 6.22. The second-order valence-corrected chi connectivity index (χ2v) is 5.25. The van der Waals surface area contributed by atoms with Crippen LogP contribution in [0.3, 0.4) is 0 Å². The number of anilines is 1. The monoisotopic (exact) mass is 332 g/mol. The molecule has 2 heterocycles. The summed E-state index contributed by atoms with van der Waals surface area (Å²) in [6.45, 7) is 0. The van der Waals surface area contributed by atoms with Crippen LogP contribution < -0.4 is 5.32 Å². The first-order valence-electron chi connectivity index (χ1n) is 6.41. The van der Waals surface area contributed by atoms with Gasteiger partial charge in [-0.1, -0.05) is 29.3 Å². The van der Waals surface area contributed by atoms with Crippen molar-refractivity contribution in [1.29, 1.82) is 0 Å². The van der Waals surface area contributed by atoms with Crippen molar-refractivity contribution < 1.29 is 9.21 Å². The predicted molar refractivity (Wildman–Crippen MR) is 86.4 cm³/mol. The Morgan fingerprint density at radius 1 is 1.09 bits per heavy atom. The fourth-order valence-corrected chi connectivity index (χ4v) is 2.32. The topological polar surface area (TPSA) is 55.1 Å². The first kappa shape index (κ1) is 14.6. The average molecular weight is 333 g/mol. The van der Waals surface area contributed by atoms with E-state index < -0.39 is 0 Å². The highest BCUT2D eigenvalue weighted by molar-refractivity contribution is 6.43. The molecule has 1 N–H and O–H groups in total.